The van der Waals surface area contributed by atoms with Gasteiger partial charge in [0.05, 0.1) is 5.52 Å². The minimum atomic E-state index is -2.77. The fraction of sp³-hybridized carbons (Fsp3) is 0.129. The smallest absolute Gasteiger partial charge is 0.254 e. The van der Waals surface area contributed by atoms with Crippen LogP contribution in [0.15, 0.2) is 109 Å². The molecule has 0 bridgehead atoms. The predicted molar refractivity (Wildman–Crippen MR) is 146 cm³/mol. The molecule has 1 N–H and O–H groups in total. The van der Waals surface area contributed by atoms with Crippen LogP contribution in [0.4, 0.5) is 0 Å². The van der Waals surface area contributed by atoms with Crippen LogP contribution in [0.25, 0.3) is 10.9 Å². The van der Waals surface area contributed by atoms with E-state index >= 15 is 0 Å². The van der Waals surface area contributed by atoms with Gasteiger partial charge in [-0.05, 0) is 36.3 Å². The summed E-state index contributed by atoms with van der Waals surface area (Å²) in [5, 5.41) is 3.38. The fourth-order valence-corrected chi connectivity index (χ4v) is 7.75. The Balaban J connectivity index is 1.72. The molecule has 0 spiro atoms. The van der Waals surface area contributed by atoms with Crippen molar-refractivity contribution < 1.29 is 9.22 Å². The van der Waals surface area contributed by atoms with Crippen LogP contribution in [-0.2, 0) is 4.43 Å². The number of aromatic nitrogens is 1. The number of Topliss-reactive ketones (excluding diaryl/α,β-unsaturated/α-hetero) is 1. The zero-order valence-electron chi connectivity index (χ0n) is 20.3. The lowest BCUT2D eigenvalue weighted by molar-refractivity contribution is 0.0788. The average molecular weight is 476 g/mol. The summed E-state index contributed by atoms with van der Waals surface area (Å²) in [5.41, 5.74) is 4.78. The highest BCUT2D eigenvalue weighted by Crippen LogP contribution is 2.33. The number of ketones is 1. The molecule has 5 rings (SSSR count). The molecule has 0 aliphatic heterocycles. The summed E-state index contributed by atoms with van der Waals surface area (Å²) in [6.07, 6.45) is -0.754. The van der Waals surface area contributed by atoms with E-state index in [1.165, 1.54) is 5.56 Å². The van der Waals surface area contributed by atoms with E-state index < -0.39 is 14.4 Å². The Bertz CT molecular complexity index is 1420. The molecule has 0 saturated heterocycles. The highest BCUT2D eigenvalue weighted by Gasteiger charge is 2.40. The second-order valence-electron chi connectivity index (χ2n) is 9.14. The van der Waals surface area contributed by atoms with Gasteiger partial charge in [-0.1, -0.05) is 109 Å². The quantitative estimate of drug-likeness (QED) is 0.228. The van der Waals surface area contributed by atoms with Gasteiger partial charge < -0.3 is 9.41 Å². The first-order chi connectivity index (χ1) is 17.0. The van der Waals surface area contributed by atoms with Gasteiger partial charge >= 0.3 is 0 Å². The first-order valence-electron chi connectivity index (χ1n) is 11.9. The van der Waals surface area contributed by atoms with Crippen molar-refractivity contribution in [3.63, 3.8) is 0 Å². The van der Waals surface area contributed by atoms with Gasteiger partial charge in [0.15, 0.2) is 5.78 Å². The lowest BCUT2D eigenvalue weighted by atomic mass is 9.98. The Kier molecular flexibility index (Phi) is 6.24. The molecule has 0 aliphatic rings. The molecule has 1 atom stereocenters. The molecule has 1 heterocycles. The minimum Gasteiger partial charge on any atom is -0.394 e. The zero-order chi connectivity index (χ0) is 24.4. The van der Waals surface area contributed by atoms with E-state index in [0.717, 1.165) is 32.5 Å². The van der Waals surface area contributed by atoms with Gasteiger partial charge in [-0.3, -0.25) is 4.79 Å². The highest BCUT2D eigenvalue weighted by molar-refractivity contribution is 6.96. The minimum absolute atomic E-state index is 0.0337. The Morgan fingerprint density at radius 3 is 1.86 bits per heavy atom. The van der Waals surface area contributed by atoms with Gasteiger partial charge in [-0.15, -0.1) is 0 Å². The van der Waals surface area contributed by atoms with E-state index in [1.54, 1.807) is 0 Å². The monoisotopic (exact) mass is 475 g/mol. The van der Waals surface area contributed by atoms with Crippen LogP contribution in [0, 0.1) is 13.8 Å². The molecule has 4 heteroatoms. The number of carbonyl (C=O) groups excluding carboxylic acids is 1. The number of fused-ring (bicyclic) bond motifs is 1. The number of carbonyl (C=O) groups is 1. The van der Waals surface area contributed by atoms with Gasteiger partial charge in [0, 0.05) is 22.2 Å². The largest absolute Gasteiger partial charge is 0.394 e. The Hall–Kier alpha value is -3.73. The maximum absolute atomic E-state index is 14.1. The molecule has 5 aromatic rings. The summed E-state index contributed by atoms with van der Waals surface area (Å²) < 4.78 is 7.14. The molecule has 35 heavy (non-hydrogen) atoms. The summed E-state index contributed by atoms with van der Waals surface area (Å²) in [6, 6.07) is 36.3. The van der Waals surface area contributed by atoms with Crippen molar-refractivity contribution in [2.75, 3.05) is 0 Å². The van der Waals surface area contributed by atoms with E-state index in [9.17, 15) is 4.79 Å². The van der Waals surface area contributed by atoms with Crippen molar-refractivity contribution in [1.82, 2.24) is 4.98 Å². The molecular formula is C31H29NO2Si. The standard InChI is InChI=1S/C31H29NO2Si/c1-22-23(2)32-29-27(22)20-13-21-28(29)31(30(33)24-14-7-4-8-15-24)34-35(3,25-16-9-5-10-17-25)26-18-11-6-12-19-26/h4-21,31-32H,1-3H3/t31-/m0/s1. The van der Waals surface area contributed by atoms with E-state index in [2.05, 4.69) is 55.7 Å². The summed E-state index contributed by atoms with van der Waals surface area (Å²) in [7, 11) is -2.77. The number of nitrogens with one attached hydrogen (secondary N) is 1. The van der Waals surface area contributed by atoms with Gasteiger partial charge in [0.2, 0.25) is 0 Å². The van der Waals surface area contributed by atoms with Crippen LogP contribution in [-0.4, -0.2) is 19.1 Å². The van der Waals surface area contributed by atoms with Gasteiger partial charge in [-0.2, -0.15) is 0 Å². The lowest BCUT2D eigenvalue weighted by Crippen LogP contribution is -2.59. The molecule has 0 fully saturated rings. The molecule has 0 saturated carbocycles. The number of para-hydroxylation sites is 1. The van der Waals surface area contributed by atoms with Crippen molar-refractivity contribution in [2.45, 2.75) is 26.5 Å². The third-order valence-corrected chi connectivity index (χ3v) is 10.5. The van der Waals surface area contributed by atoms with Gasteiger partial charge in [0.25, 0.3) is 8.32 Å². The maximum atomic E-state index is 14.1. The van der Waals surface area contributed by atoms with Crippen LogP contribution >= 0.6 is 0 Å². The van der Waals surface area contributed by atoms with E-state index in [-0.39, 0.29) is 5.78 Å². The maximum Gasteiger partial charge on any atom is 0.254 e. The summed E-state index contributed by atoms with van der Waals surface area (Å²) in [5.74, 6) is -0.0337. The number of aromatic amines is 1. The topological polar surface area (TPSA) is 42.1 Å². The SMILES string of the molecule is Cc1[nH]c2c([C@H](O[Si](C)(c3ccccc3)c3ccccc3)C(=O)c3ccccc3)cccc2c1C. The van der Waals surface area contributed by atoms with Crippen molar-refractivity contribution >= 4 is 35.4 Å². The van der Waals surface area contributed by atoms with Crippen LogP contribution in [0.3, 0.4) is 0 Å². The van der Waals surface area contributed by atoms with Crippen LogP contribution in [0.1, 0.15) is 33.3 Å². The Morgan fingerprint density at radius 2 is 1.29 bits per heavy atom. The number of rotatable bonds is 7. The van der Waals surface area contributed by atoms with E-state index in [4.69, 9.17) is 4.43 Å². The molecule has 0 radical (unpaired) electrons. The second kappa shape index (κ2) is 9.49. The Labute approximate surface area is 207 Å². The van der Waals surface area contributed by atoms with E-state index in [1.807, 2.05) is 78.9 Å². The normalized spacial score (nSPS) is 12.5. The summed E-state index contributed by atoms with van der Waals surface area (Å²) >= 11 is 0. The van der Waals surface area contributed by atoms with Crippen molar-refractivity contribution in [2.24, 2.45) is 0 Å². The Morgan fingerprint density at radius 1 is 0.743 bits per heavy atom. The lowest BCUT2D eigenvalue weighted by Gasteiger charge is -2.33. The molecule has 0 amide bonds. The average Bonchev–Trinajstić information content (AvgIpc) is 3.21. The van der Waals surface area contributed by atoms with Crippen LogP contribution in [0.5, 0.6) is 0 Å². The first kappa shape index (κ1) is 23.0. The first-order valence-corrected chi connectivity index (χ1v) is 14.4. The van der Waals surface area contributed by atoms with E-state index in [0.29, 0.717) is 5.56 Å². The number of hydrogen-bond acceptors (Lipinski definition) is 2. The number of hydrogen-bond donors (Lipinski definition) is 1. The predicted octanol–water partition coefficient (Wildman–Crippen LogP) is 6.12. The number of aryl methyl sites for hydroxylation is 2. The van der Waals surface area contributed by atoms with Crippen LogP contribution in [0.2, 0.25) is 6.55 Å². The molecule has 174 valence electrons. The molecular weight excluding hydrogens is 446 g/mol. The van der Waals surface area contributed by atoms with Crippen molar-refractivity contribution in [3.05, 3.63) is 132 Å². The zero-order valence-corrected chi connectivity index (χ0v) is 21.3. The summed E-state index contributed by atoms with van der Waals surface area (Å²) in [4.78, 5) is 17.6. The molecule has 0 aliphatic carbocycles. The second-order valence-corrected chi connectivity index (χ2v) is 12.6. The van der Waals surface area contributed by atoms with Gasteiger partial charge in [-0.25, -0.2) is 0 Å². The third kappa shape index (κ3) is 4.27. The molecule has 4 aromatic carbocycles. The number of H-pyrrole nitrogens is 1. The van der Waals surface area contributed by atoms with Crippen LogP contribution < -0.4 is 10.4 Å². The summed E-state index contributed by atoms with van der Waals surface area (Å²) in [6.45, 7) is 6.37. The third-order valence-electron chi connectivity index (χ3n) is 6.96. The van der Waals surface area contributed by atoms with Crippen molar-refractivity contribution in [3.8, 4) is 0 Å². The fourth-order valence-electron chi connectivity index (χ4n) is 4.79. The van der Waals surface area contributed by atoms with Crippen molar-refractivity contribution in [1.29, 1.82) is 0 Å². The van der Waals surface area contributed by atoms with Gasteiger partial charge in [0.1, 0.15) is 6.10 Å². The molecule has 3 nitrogen and oxygen atoms in total. The highest BCUT2D eigenvalue weighted by atomic mass is 28.4. The number of benzene rings is 4. The molecule has 0 unspecified atom stereocenters. The molecule has 1 aromatic heterocycles.